The van der Waals surface area contributed by atoms with E-state index in [0.29, 0.717) is 6.42 Å². The molecule has 0 heterocycles. The van der Waals surface area contributed by atoms with Crippen LogP contribution in [0.1, 0.15) is 88.6 Å². The third kappa shape index (κ3) is 5.44. The molecule has 3 nitrogen and oxygen atoms in total. The Morgan fingerprint density at radius 1 is 0.967 bits per heavy atom. The Morgan fingerprint density at radius 3 is 2.23 bits per heavy atom. The minimum Gasteiger partial charge on any atom is -0.481 e. The van der Waals surface area contributed by atoms with Crippen LogP contribution < -0.4 is 10.1 Å². The number of hydrogen-bond acceptors (Lipinski definition) is 2. The van der Waals surface area contributed by atoms with Crippen LogP contribution in [-0.2, 0) is 23.1 Å². The molecular formula is C27H37NO2. The fourth-order valence-electron chi connectivity index (χ4n) is 4.18. The number of amides is 1. The summed E-state index contributed by atoms with van der Waals surface area (Å²) in [7, 11) is 0. The summed E-state index contributed by atoms with van der Waals surface area (Å²) < 4.78 is 6.05. The summed E-state index contributed by atoms with van der Waals surface area (Å²) in [5.74, 6) is 0.703. The summed E-state index contributed by atoms with van der Waals surface area (Å²) in [6.45, 7) is 10.7. The average molecular weight is 408 g/mol. The third-order valence-corrected chi connectivity index (χ3v) is 6.16. The lowest BCUT2D eigenvalue weighted by molar-refractivity contribution is -0.128. The number of aryl methyl sites for hydroxylation is 2. The molecule has 0 aromatic heterocycles. The van der Waals surface area contributed by atoms with Crippen LogP contribution in [0.2, 0.25) is 0 Å². The third-order valence-electron chi connectivity index (χ3n) is 6.16. The largest absolute Gasteiger partial charge is 0.481 e. The Kier molecular flexibility index (Phi) is 7.23. The average Bonchev–Trinajstić information content (AvgIpc) is 2.75. The first-order chi connectivity index (χ1) is 14.3. The molecule has 0 saturated heterocycles. The number of rotatable bonds is 7. The van der Waals surface area contributed by atoms with Gasteiger partial charge in [-0.15, -0.1) is 0 Å². The van der Waals surface area contributed by atoms with Crippen LogP contribution in [0.5, 0.6) is 5.75 Å². The first kappa shape index (κ1) is 22.4. The van der Waals surface area contributed by atoms with Crippen molar-refractivity contribution in [2.75, 3.05) is 0 Å². The summed E-state index contributed by atoms with van der Waals surface area (Å²) in [6, 6.07) is 14.9. The molecule has 2 aromatic rings. The van der Waals surface area contributed by atoms with Crippen molar-refractivity contribution >= 4 is 5.91 Å². The molecule has 0 aliphatic heterocycles. The van der Waals surface area contributed by atoms with Gasteiger partial charge >= 0.3 is 0 Å². The molecule has 2 aromatic carbocycles. The van der Waals surface area contributed by atoms with Gasteiger partial charge in [0.1, 0.15) is 5.75 Å². The van der Waals surface area contributed by atoms with Crippen molar-refractivity contribution in [1.29, 1.82) is 0 Å². The first-order valence-electron chi connectivity index (χ1n) is 11.5. The molecule has 0 spiro atoms. The van der Waals surface area contributed by atoms with Gasteiger partial charge in [0.05, 0.1) is 6.04 Å². The Bertz CT molecular complexity index is 848. The van der Waals surface area contributed by atoms with E-state index in [-0.39, 0.29) is 17.4 Å². The molecule has 30 heavy (non-hydrogen) atoms. The van der Waals surface area contributed by atoms with Crippen LogP contribution in [-0.4, -0.2) is 12.0 Å². The fourth-order valence-corrected chi connectivity index (χ4v) is 4.18. The van der Waals surface area contributed by atoms with E-state index < -0.39 is 6.10 Å². The zero-order chi connectivity index (χ0) is 21.7. The minimum absolute atomic E-state index is 0.0191. The summed E-state index contributed by atoms with van der Waals surface area (Å²) >= 11 is 0. The molecule has 0 radical (unpaired) electrons. The first-order valence-corrected chi connectivity index (χ1v) is 11.5. The predicted octanol–water partition coefficient (Wildman–Crippen LogP) is 6.29. The topological polar surface area (TPSA) is 38.3 Å². The van der Waals surface area contributed by atoms with Gasteiger partial charge in [0.25, 0.3) is 5.91 Å². The lowest BCUT2D eigenvalue weighted by Crippen LogP contribution is -2.40. The van der Waals surface area contributed by atoms with Crippen LogP contribution in [0.25, 0.3) is 0 Å². The number of nitrogens with one attached hydrogen (secondary N) is 1. The van der Waals surface area contributed by atoms with Crippen LogP contribution in [0.3, 0.4) is 0 Å². The molecule has 3 rings (SSSR count). The van der Waals surface area contributed by atoms with Crippen LogP contribution in [0, 0.1) is 0 Å². The van der Waals surface area contributed by atoms with E-state index in [9.17, 15) is 4.79 Å². The van der Waals surface area contributed by atoms with Gasteiger partial charge in [-0.05, 0) is 78.3 Å². The van der Waals surface area contributed by atoms with E-state index in [0.717, 1.165) is 18.6 Å². The van der Waals surface area contributed by atoms with E-state index in [1.54, 1.807) is 0 Å². The molecule has 0 saturated carbocycles. The normalized spacial score (nSPS) is 15.8. The maximum absolute atomic E-state index is 13.0. The molecule has 162 valence electrons. The van der Waals surface area contributed by atoms with E-state index in [1.807, 2.05) is 19.1 Å². The van der Waals surface area contributed by atoms with Crippen molar-refractivity contribution in [2.45, 2.75) is 90.7 Å². The van der Waals surface area contributed by atoms with Crippen molar-refractivity contribution in [3.05, 3.63) is 64.7 Å². The van der Waals surface area contributed by atoms with Crippen molar-refractivity contribution in [3.8, 4) is 5.75 Å². The highest BCUT2D eigenvalue weighted by Gasteiger charge is 2.23. The minimum atomic E-state index is -0.489. The second-order valence-electron chi connectivity index (χ2n) is 9.49. The highest BCUT2D eigenvalue weighted by atomic mass is 16.5. The summed E-state index contributed by atoms with van der Waals surface area (Å²) in [5, 5.41) is 3.23. The number of hydrogen-bond donors (Lipinski definition) is 1. The van der Waals surface area contributed by atoms with Crippen LogP contribution >= 0.6 is 0 Å². The Hall–Kier alpha value is -2.29. The molecular weight excluding hydrogens is 370 g/mol. The molecule has 0 bridgehead atoms. The second-order valence-corrected chi connectivity index (χ2v) is 9.49. The smallest absolute Gasteiger partial charge is 0.261 e. The van der Waals surface area contributed by atoms with Gasteiger partial charge in [-0.25, -0.2) is 0 Å². The number of carbonyl (C=O) groups excluding carboxylic acids is 1. The van der Waals surface area contributed by atoms with Gasteiger partial charge in [0, 0.05) is 0 Å². The second kappa shape index (κ2) is 9.68. The van der Waals surface area contributed by atoms with Crippen molar-refractivity contribution < 1.29 is 9.53 Å². The summed E-state index contributed by atoms with van der Waals surface area (Å²) in [6.07, 6.45) is 5.88. The molecule has 1 aliphatic carbocycles. The van der Waals surface area contributed by atoms with Crippen molar-refractivity contribution in [1.82, 2.24) is 5.32 Å². The van der Waals surface area contributed by atoms with Gasteiger partial charge < -0.3 is 10.1 Å². The van der Waals surface area contributed by atoms with Gasteiger partial charge in [-0.2, -0.15) is 0 Å². The van der Waals surface area contributed by atoms with E-state index in [2.05, 4.69) is 63.3 Å². The maximum Gasteiger partial charge on any atom is 0.261 e. The Labute approximate surface area is 182 Å². The maximum atomic E-state index is 13.0. The lowest BCUT2D eigenvalue weighted by atomic mass is 9.87. The lowest BCUT2D eigenvalue weighted by Gasteiger charge is -2.24. The van der Waals surface area contributed by atoms with Crippen LogP contribution in [0.15, 0.2) is 42.5 Å². The fraction of sp³-hybridized carbons (Fsp3) is 0.519. The molecule has 1 amide bonds. The van der Waals surface area contributed by atoms with Gasteiger partial charge in [-0.1, -0.05) is 65.0 Å². The van der Waals surface area contributed by atoms with Gasteiger partial charge in [0.15, 0.2) is 6.10 Å². The number of fused-ring (bicyclic) bond motifs is 1. The zero-order valence-corrected chi connectivity index (χ0v) is 19.3. The quantitative estimate of drug-likeness (QED) is 0.586. The number of carbonyl (C=O) groups is 1. The molecule has 2 unspecified atom stereocenters. The van der Waals surface area contributed by atoms with E-state index >= 15 is 0 Å². The Balaban J connectivity index is 1.67. The standard InChI is InChI=1S/C27H37NO2/c1-6-24(21-13-12-19-10-8-9-11-20(19)18-21)28-26(29)25(7-2)30-23-16-14-22(15-17-23)27(3,4)5/h12-18,24-25H,6-11H2,1-5H3,(H,28,29). The monoisotopic (exact) mass is 407 g/mol. The Morgan fingerprint density at radius 2 is 1.63 bits per heavy atom. The summed E-state index contributed by atoms with van der Waals surface area (Å²) in [4.78, 5) is 13.0. The highest BCUT2D eigenvalue weighted by molar-refractivity contribution is 5.81. The predicted molar refractivity (Wildman–Crippen MR) is 124 cm³/mol. The molecule has 2 atom stereocenters. The SMILES string of the molecule is CCC(Oc1ccc(C(C)(C)C)cc1)C(=O)NC(CC)c1ccc2c(c1)CCCC2. The molecule has 1 aliphatic rings. The number of benzene rings is 2. The summed E-state index contributed by atoms with van der Waals surface area (Å²) in [5.41, 5.74) is 5.48. The highest BCUT2D eigenvalue weighted by Crippen LogP contribution is 2.27. The zero-order valence-electron chi connectivity index (χ0n) is 19.3. The van der Waals surface area contributed by atoms with Crippen LogP contribution in [0.4, 0.5) is 0 Å². The van der Waals surface area contributed by atoms with Crippen molar-refractivity contribution in [3.63, 3.8) is 0 Å². The van der Waals surface area contributed by atoms with E-state index in [4.69, 9.17) is 4.74 Å². The van der Waals surface area contributed by atoms with Crippen molar-refractivity contribution in [2.24, 2.45) is 0 Å². The molecule has 0 fully saturated rings. The molecule has 3 heteroatoms. The van der Waals surface area contributed by atoms with E-state index in [1.165, 1.54) is 41.5 Å². The number of ether oxygens (including phenoxy) is 1. The van der Waals surface area contributed by atoms with Gasteiger partial charge in [-0.3, -0.25) is 4.79 Å². The molecule has 1 N–H and O–H groups in total. The van der Waals surface area contributed by atoms with Gasteiger partial charge in [0.2, 0.25) is 0 Å².